The lowest BCUT2D eigenvalue weighted by molar-refractivity contribution is 0.400. The van der Waals surface area contributed by atoms with Gasteiger partial charge in [-0.25, -0.2) is 18.1 Å². The number of thiophene rings is 1. The smallest absolute Gasteiger partial charge is 0.481 e. The highest BCUT2D eigenvalue weighted by Gasteiger charge is 2.31. The van der Waals surface area contributed by atoms with E-state index in [0.717, 1.165) is 11.3 Å². The topological polar surface area (TPSA) is 109 Å². The van der Waals surface area contributed by atoms with Crippen LogP contribution in [0.25, 0.3) is 10.4 Å². The van der Waals surface area contributed by atoms with Gasteiger partial charge in [0.1, 0.15) is 4.21 Å². The molecule has 0 aliphatic heterocycles. The van der Waals surface area contributed by atoms with Gasteiger partial charge >= 0.3 is 7.12 Å². The molecular weight excluding hydrogens is 351 g/mol. The van der Waals surface area contributed by atoms with Gasteiger partial charge in [0.2, 0.25) is 15.9 Å². The predicted octanol–water partition coefficient (Wildman–Crippen LogP) is 0.575. The molecule has 2 heterocycles. The van der Waals surface area contributed by atoms with Crippen molar-refractivity contribution in [3.8, 4) is 16.3 Å². The van der Waals surface area contributed by atoms with E-state index in [4.69, 9.17) is 4.74 Å². The average Bonchev–Trinajstić information content (AvgIpc) is 2.91. The largest absolute Gasteiger partial charge is 0.490 e. The fraction of sp³-hybridized carbons (Fsp3) is 0.357. The summed E-state index contributed by atoms with van der Waals surface area (Å²) < 4.78 is 32.8. The molecule has 0 fully saturated rings. The van der Waals surface area contributed by atoms with Crippen LogP contribution in [0.5, 0.6) is 5.88 Å². The van der Waals surface area contributed by atoms with Crippen LogP contribution in [0, 0.1) is 0 Å². The highest BCUT2D eigenvalue weighted by atomic mass is 32.2. The van der Waals surface area contributed by atoms with Crippen molar-refractivity contribution in [3.05, 3.63) is 24.4 Å². The number of nitrogens with zero attached hydrogens (tertiary/aromatic N) is 1. The monoisotopic (exact) mass is 370 g/mol. The molecule has 0 saturated heterocycles. The Labute approximate surface area is 145 Å². The van der Waals surface area contributed by atoms with E-state index in [2.05, 4.69) is 9.71 Å². The van der Waals surface area contributed by atoms with Crippen LogP contribution in [-0.2, 0) is 10.0 Å². The second-order valence-corrected chi connectivity index (χ2v) is 9.07. The quantitative estimate of drug-likeness (QED) is 0.665. The van der Waals surface area contributed by atoms with Crippen molar-refractivity contribution < 1.29 is 23.2 Å². The summed E-state index contributed by atoms with van der Waals surface area (Å²) in [4.78, 5) is 4.58. The molecule has 130 valence electrons. The number of aromatic nitrogens is 1. The molecule has 2 rings (SSSR count). The molecule has 2 aromatic rings. The number of methoxy groups -OCH3 is 1. The van der Waals surface area contributed by atoms with E-state index in [9.17, 15) is 18.5 Å². The Morgan fingerprint density at radius 1 is 1.33 bits per heavy atom. The third-order valence-electron chi connectivity index (χ3n) is 2.92. The average molecular weight is 370 g/mol. The summed E-state index contributed by atoms with van der Waals surface area (Å²) in [5.41, 5.74) is -0.214. The van der Waals surface area contributed by atoms with Crippen LogP contribution in [0.15, 0.2) is 28.6 Å². The summed E-state index contributed by atoms with van der Waals surface area (Å²) in [7, 11) is -4.37. The van der Waals surface area contributed by atoms with Gasteiger partial charge in [0.25, 0.3) is 0 Å². The first-order valence-corrected chi connectivity index (χ1v) is 9.38. The first-order chi connectivity index (χ1) is 11.0. The fourth-order valence-corrected chi connectivity index (χ4v) is 5.24. The Balaban J connectivity index is 2.60. The van der Waals surface area contributed by atoms with Crippen molar-refractivity contribution in [3.63, 3.8) is 0 Å². The van der Waals surface area contributed by atoms with E-state index in [1.165, 1.54) is 13.2 Å². The Morgan fingerprint density at radius 3 is 2.54 bits per heavy atom. The third kappa shape index (κ3) is 4.14. The van der Waals surface area contributed by atoms with Crippen molar-refractivity contribution in [2.24, 2.45) is 0 Å². The lowest BCUT2D eigenvalue weighted by Gasteiger charge is -2.20. The summed E-state index contributed by atoms with van der Waals surface area (Å²) in [6, 6.07) is 4.83. The third-order valence-corrected chi connectivity index (χ3v) is 6.41. The molecule has 0 aliphatic carbocycles. The van der Waals surface area contributed by atoms with Crippen LogP contribution in [0.3, 0.4) is 0 Å². The molecule has 3 N–H and O–H groups in total. The van der Waals surface area contributed by atoms with Gasteiger partial charge in [-0.1, -0.05) is 0 Å². The van der Waals surface area contributed by atoms with Crippen LogP contribution >= 0.6 is 11.3 Å². The summed E-state index contributed by atoms with van der Waals surface area (Å²) in [6.07, 6.45) is 1.55. The normalized spacial score (nSPS) is 12.2. The maximum absolute atomic E-state index is 12.6. The number of sulfonamides is 1. The molecular formula is C14H19BN2O5S2. The Kier molecular flexibility index (Phi) is 5.36. The minimum atomic E-state index is -3.91. The standard InChI is InChI=1S/C14H19BN2O5S2/c1-14(2,3)17-24(20,21)13-10(15(18)19)8-11(23-13)9-6-5-7-16-12(9)22-4/h5-8,17-19H,1-4H3. The lowest BCUT2D eigenvalue weighted by atomic mass is 9.82. The molecule has 0 aliphatic rings. The fourth-order valence-electron chi connectivity index (χ4n) is 2.10. The number of pyridine rings is 1. The highest BCUT2D eigenvalue weighted by Crippen LogP contribution is 2.34. The minimum Gasteiger partial charge on any atom is -0.481 e. The van der Waals surface area contributed by atoms with Crippen molar-refractivity contribution in [1.29, 1.82) is 0 Å². The first-order valence-electron chi connectivity index (χ1n) is 7.08. The molecule has 0 spiro atoms. The molecule has 24 heavy (non-hydrogen) atoms. The zero-order valence-corrected chi connectivity index (χ0v) is 15.4. The van der Waals surface area contributed by atoms with Crippen LogP contribution in [0.4, 0.5) is 0 Å². The van der Waals surface area contributed by atoms with Crippen LogP contribution in [0.1, 0.15) is 20.8 Å². The summed E-state index contributed by atoms with van der Waals surface area (Å²) in [5.74, 6) is 0.324. The molecule has 7 nitrogen and oxygen atoms in total. The van der Waals surface area contributed by atoms with Gasteiger partial charge in [0, 0.05) is 22.1 Å². The van der Waals surface area contributed by atoms with Crippen LogP contribution in [-0.4, -0.2) is 43.2 Å². The van der Waals surface area contributed by atoms with Gasteiger partial charge in [-0.3, -0.25) is 0 Å². The molecule has 10 heteroatoms. The van der Waals surface area contributed by atoms with Crippen LogP contribution < -0.4 is 14.9 Å². The lowest BCUT2D eigenvalue weighted by Crippen LogP contribution is -2.43. The molecule has 0 amide bonds. The number of ether oxygens (including phenoxy) is 1. The van der Waals surface area contributed by atoms with Crippen LogP contribution in [0.2, 0.25) is 0 Å². The molecule has 0 bridgehead atoms. The zero-order chi connectivity index (χ0) is 18.1. The molecule has 0 saturated carbocycles. The molecule has 0 atom stereocenters. The summed E-state index contributed by atoms with van der Waals surface area (Å²) >= 11 is 0.928. The van der Waals surface area contributed by atoms with Gasteiger partial charge in [-0.05, 0) is 39.0 Å². The second-order valence-electron chi connectivity index (χ2n) is 6.14. The van der Waals surface area contributed by atoms with Gasteiger partial charge in [-0.15, -0.1) is 11.3 Å². The maximum atomic E-state index is 12.6. The highest BCUT2D eigenvalue weighted by molar-refractivity contribution is 7.92. The number of hydrogen-bond donors (Lipinski definition) is 3. The van der Waals surface area contributed by atoms with Crippen molar-refractivity contribution in [1.82, 2.24) is 9.71 Å². The Morgan fingerprint density at radius 2 is 2.00 bits per heavy atom. The van der Waals surface area contributed by atoms with Crippen molar-refractivity contribution in [2.45, 2.75) is 30.5 Å². The van der Waals surface area contributed by atoms with Crippen molar-refractivity contribution >= 4 is 33.9 Å². The van der Waals surface area contributed by atoms with Gasteiger partial charge in [-0.2, -0.15) is 0 Å². The SMILES string of the molecule is COc1ncccc1-c1cc(B(O)O)c(S(=O)(=O)NC(C)(C)C)s1. The van der Waals surface area contributed by atoms with E-state index in [0.29, 0.717) is 16.3 Å². The summed E-state index contributed by atoms with van der Waals surface area (Å²) in [6.45, 7) is 5.12. The van der Waals surface area contributed by atoms with Gasteiger partial charge in [0.05, 0.1) is 12.7 Å². The van der Waals surface area contributed by atoms with E-state index in [1.54, 1.807) is 39.1 Å². The van der Waals surface area contributed by atoms with E-state index < -0.39 is 22.7 Å². The number of nitrogens with one attached hydrogen (secondary N) is 1. The maximum Gasteiger partial charge on any atom is 0.490 e. The van der Waals surface area contributed by atoms with E-state index in [1.807, 2.05) is 0 Å². The van der Waals surface area contributed by atoms with E-state index >= 15 is 0 Å². The molecule has 2 aromatic heterocycles. The Bertz CT molecular complexity index is 828. The molecule has 0 radical (unpaired) electrons. The van der Waals surface area contributed by atoms with E-state index in [-0.39, 0.29) is 9.67 Å². The van der Waals surface area contributed by atoms with Gasteiger partial charge in [0.15, 0.2) is 0 Å². The second kappa shape index (κ2) is 6.81. The minimum absolute atomic E-state index is 0.0855. The number of hydrogen-bond acceptors (Lipinski definition) is 7. The first kappa shape index (κ1) is 18.9. The molecule has 0 aromatic carbocycles. The number of rotatable bonds is 5. The van der Waals surface area contributed by atoms with Crippen molar-refractivity contribution in [2.75, 3.05) is 7.11 Å². The summed E-state index contributed by atoms with van der Waals surface area (Å²) in [5, 5.41) is 19.2. The predicted molar refractivity (Wildman–Crippen MR) is 94.0 cm³/mol. The Hall–Kier alpha value is -1.46. The zero-order valence-electron chi connectivity index (χ0n) is 13.8. The van der Waals surface area contributed by atoms with Gasteiger partial charge < -0.3 is 14.8 Å². The molecule has 0 unspecified atom stereocenters.